The molecule has 1 heterocycles. The molecule has 7 nitrogen and oxygen atoms in total. The fourth-order valence-electron chi connectivity index (χ4n) is 3.28. The number of halogens is 1. The molecular weight excluding hydrogens is 442 g/mol. The van der Waals surface area contributed by atoms with E-state index in [1.54, 1.807) is 78.9 Å². The van der Waals surface area contributed by atoms with Gasteiger partial charge in [-0.1, -0.05) is 29.8 Å². The summed E-state index contributed by atoms with van der Waals surface area (Å²) in [6.45, 7) is 2.47. The molecule has 0 radical (unpaired) electrons. The van der Waals surface area contributed by atoms with Crippen LogP contribution in [-0.4, -0.2) is 24.3 Å². The van der Waals surface area contributed by atoms with Crippen LogP contribution in [0.4, 0.5) is 17.1 Å². The van der Waals surface area contributed by atoms with Crippen molar-refractivity contribution >= 4 is 46.4 Å². The smallest absolute Gasteiger partial charge is 0.283 e. The van der Waals surface area contributed by atoms with Gasteiger partial charge in [0.15, 0.2) is 0 Å². The Labute approximate surface area is 195 Å². The third-order valence-electron chi connectivity index (χ3n) is 4.88. The summed E-state index contributed by atoms with van der Waals surface area (Å²) in [5.41, 5.74) is 1.99. The predicted molar refractivity (Wildman–Crippen MR) is 127 cm³/mol. The first-order chi connectivity index (χ1) is 16.0. The van der Waals surface area contributed by atoms with Gasteiger partial charge in [-0.3, -0.25) is 14.4 Å². The highest BCUT2D eigenvalue weighted by molar-refractivity contribution is 6.53. The first kappa shape index (κ1) is 22.1. The largest absolute Gasteiger partial charge is 0.494 e. The number of imide groups is 1. The summed E-state index contributed by atoms with van der Waals surface area (Å²) >= 11 is 6.15. The third-order valence-corrected chi connectivity index (χ3v) is 5.23. The van der Waals surface area contributed by atoms with Crippen LogP contribution in [0.15, 0.2) is 89.6 Å². The number of hydrogen-bond donors (Lipinski definition) is 2. The molecule has 0 fully saturated rings. The van der Waals surface area contributed by atoms with E-state index in [0.29, 0.717) is 29.2 Å². The Hall–Kier alpha value is -4.10. The number of nitrogens with one attached hydrogen (secondary N) is 2. The van der Waals surface area contributed by atoms with Crippen LogP contribution >= 0.6 is 11.6 Å². The predicted octanol–water partition coefficient (Wildman–Crippen LogP) is 4.77. The van der Waals surface area contributed by atoms with Crippen LogP contribution in [0.1, 0.15) is 17.3 Å². The molecule has 0 aromatic heterocycles. The van der Waals surface area contributed by atoms with E-state index in [1.807, 2.05) is 6.92 Å². The topological polar surface area (TPSA) is 87.7 Å². The van der Waals surface area contributed by atoms with Gasteiger partial charge in [0.05, 0.1) is 12.3 Å². The third kappa shape index (κ3) is 4.73. The highest BCUT2D eigenvalue weighted by atomic mass is 35.5. The van der Waals surface area contributed by atoms with Crippen molar-refractivity contribution in [3.05, 3.63) is 95.2 Å². The fourth-order valence-corrected chi connectivity index (χ4v) is 3.49. The van der Waals surface area contributed by atoms with Gasteiger partial charge in [-0.2, -0.15) is 0 Å². The van der Waals surface area contributed by atoms with Gasteiger partial charge < -0.3 is 15.4 Å². The molecule has 0 saturated heterocycles. The molecule has 0 atom stereocenters. The lowest BCUT2D eigenvalue weighted by Gasteiger charge is -2.15. The Morgan fingerprint density at radius 2 is 1.52 bits per heavy atom. The summed E-state index contributed by atoms with van der Waals surface area (Å²) in [6.07, 6.45) is 0. The summed E-state index contributed by atoms with van der Waals surface area (Å²) < 4.78 is 5.39. The minimum atomic E-state index is -0.596. The zero-order chi connectivity index (χ0) is 23.4. The lowest BCUT2D eigenvalue weighted by Crippen LogP contribution is -2.32. The molecule has 8 heteroatoms. The van der Waals surface area contributed by atoms with E-state index in [9.17, 15) is 14.4 Å². The Morgan fingerprint density at radius 3 is 2.15 bits per heavy atom. The zero-order valence-electron chi connectivity index (χ0n) is 17.7. The minimum Gasteiger partial charge on any atom is -0.494 e. The quantitative estimate of drug-likeness (QED) is 0.495. The maximum Gasteiger partial charge on any atom is 0.283 e. The normalized spacial score (nSPS) is 13.3. The first-order valence-electron chi connectivity index (χ1n) is 10.2. The Bertz CT molecular complexity index is 1220. The number of hydrogen-bond acceptors (Lipinski definition) is 5. The van der Waals surface area contributed by atoms with Crippen LogP contribution in [0, 0.1) is 0 Å². The van der Waals surface area contributed by atoms with E-state index in [-0.39, 0.29) is 16.6 Å². The Morgan fingerprint density at radius 1 is 0.879 bits per heavy atom. The molecule has 3 aromatic carbocycles. The average Bonchev–Trinajstić information content (AvgIpc) is 3.04. The molecule has 0 unspecified atom stereocenters. The van der Waals surface area contributed by atoms with Gasteiger partial charge in [0, 0.05) is 16.9 Å². The van der Waals surface area contributed by atoms with Gasteiger partial charge in [0.1, 0.15) is 16.5 Å². The number of rotatable bonds is 7. The number of anilines is 3. The van der Waals surface area contributed by atoms with Gasteiger partial charge in [0.2, 0.25) is 0 Å². The van der Waals surface area contributed by atoms with Crippen molar-refractivity contribution in [3.63, 3.8) is 0 Å². The Kier molecular flexibility index (Phi) is 6.42. The fraction of sp³-hybridized carbons (Fsp3) is 0.0800. The standard InChI is InChI=1S/C25H20ClN3O4/c1-2-33-20-14-12-18(13-15-20)28-23(30)16-8-10-17(11-9-16)27-22-21(26)24(31)29(25(22)32)19-6-4-3-5-7-19/h3-15,27H,2H2,1H3,(H,28,30). The molecule has 2 N–H and O–H groups in total. The van der Waals surface area contributed by atoms with Gasteiger partial charge in [-0.25, -0.2) is 4.90 Å². The lowest BCUT2D eigenvalue weighted by atomic mass is 10.2. The van der Waals surface area contributed by atoms with E-state index >= 15 is 0 Å². The van der Waals surface area contributed by atoms with Crippen LogP contribution in [0.5, 0.6) is 5.75 Å². The van der Waals surface area contributed by atoms with Crippen molar-refractivity contribution in [2.75, 3.05) is 22.1 Å². The zero-order valence-corrected chi connectivity index (χ0v) is 18.4. The number of amides is 3. The van der Waals surface area contributed by atoms with Crippen molar-refractivity contribution in [3.8, 4) is 5.75 Å². The summed E-state index contributed by atoms with van der Waals surface area (Å²) in [5.74, 6) is -0.703. The van der Waals surface area contributed by atoms with Crippen LogP contribution in [0.3, 0.4) is 0 Å². The molecule has 166 valence electrons. The van der Waals surface area contributed by atoms with E-state index in [1.165, 1.54) is 0 Å². The van der Waals surface area contributed by atoms with Gasteiger partial charge >= 0.3 is 0 Å². The molecule has 0 bridgehead atoms. The number of carbonyl (C=O) groups is 3. The van der Waals surface area contributed by atoms with Gasteiger partial charge in [-0.05, 0) is 67.6 Å². The van der Waals surface area contributed by atoms with Gasteiger partial charge in [-0.15, -0.1) is 0 Å². The van der Waals surface area contributed by atoms with Crippen LogP contribution in [0.2, 0.25) is 0 Å². The van der Waals surface area contributed by atoms with Crippen LogP contribution in [0.25, 0.3) is 0 Å². The van der Waals surface area contributed by atoms with Crippen molar-refractivity contribution in [2.24, 2.45) is 0 Å². The van der Waals surface area contributed by atoms with Crippen molar-refractivity contribution < 1.29 is 19.1 Å². The molecule has 1 aliphatic rings. The van der Waals surface area contributed by atoms with Crippen molar-refractivity contribution in [1.29, 1.82) is 0 Å². The van der Waals surface area contributed by atoms with Crippen molar-refractivity contribution in [2.45, 2.75) is 6.92 Å². The maximum atomic E-state index is 12.8. The molecule has 0 saturated carbocycles. The molecule has 3 aromatic rings. The minimum absolute atomic E-state index is 0.0166. The number of ether oxygens (including phenoxy) is 1. The van der Waals surface area contributed by atoms with Gasteiger partial charge in [0.25, 0.3) is 17.7 Å². The lowest BCUT2D eigenvalue weighted by molar-refractivity contribution is -0.120. The first-order valence-corrected chi connectivity index (χ1v) is 10.6. The highest BCUT2D eigenvalue weighted by Crippen LogP contribution is 2.30. The molecular formula is C25H20ClN3O4. The molecule has 4 rings (SSSR count). The molecule has 3 amide bonds. The second-order valence-corrected chi connectivity index (χ2v) is 7.46. The maximum absolute atomic E-state index is 12.8. The monoisotopic (exact) mass is 461 g/mol. The van der Waals surface area contributed by atoms with E-state index in [2.05, 4.69) is 10.6 Å². The summed E-state index contributed by atoms with van der Waals surface area (Å²) in [5, 5.41) is 5.51. The second-order valence-electron chi connectivity index (χ2n) is 7.08. The summed E-state index contributed by atoms with van der Waals surface area (Å²) in [6, 6.07) is 22.1. The molecule has 33 heavy (non-hydrogen) atoms. The highest BCUT2D eigenvalue weighted by Gasteiger charge is 2.38. The number of para-hydroxylation sites is 1. The average molecular weight is 462 g/mol. The molecule has 0 aliphatic carbocycles. The van der Waals surface area contributed by atoms with Crippen LogP contribution in [-0.2, 0) is 9.59 Å². The van der Waals surface area contributed by atoms with E-state index in [0.717, 1.165) is 10.6 Å². The molecule has 1 aliphatic heterocycles. The molecule has 0 spiro atoms. The Balaban J connectivity index is 1.43. The van der Waals surface area contributed by atoms with Crippen LogP contribution < -0.4 is 20.3 Å². The number of benzene rings is 3. The summed E-state index contributed by atoms with van der Waals surface area (Å²) in [7, 11) is 0. The SMILES string of the molecule is CCOc1ccc(NC(=O)c2ccc(NC3=C(Cl)C(=O)N(c4ccccc4)C3=O)cc2)cc1. The summed E-state index contributed by atoms with van der Waals surface area (Å²) in [4.78, 5) is 38.9. The second kappa shape index (κ2) is 9.58. The van der Waals surface area contributed by atoms with E-state index in [4.69, 9.17) is 16.3 Å². The van der Waals surface area contributed by atoms with Crippen molar-refractivity contribution in [1.82, 2.24) is 0 Å². The number of carbonyl (C=O) groups excluding carboxylic acids is 3. The number of nitrogens with zero attached hydrogens (tertiary/aromatic N) is 1. The van der Waals surface area contributed by atoms with E-state index < -0.39 is 11.8 Å².